The molecule has 1 aliphatic rings. The predicted molar refractivity (Wildman–Crippen MR) is 81.3 cm³/mol. The maximum atomic E-state index is 12.3. The molecule has 1 saturated heterocycles. The second-order valence-electron chi connectivity index (χ2n) is 5.84. The molecule has 1 aliphatic heterocycles. The molecule has 1 aromatic carbocycles. The summed E-state index contributed by atoms with van der Waals surface area (Å²) in [4.78, 5) is 12.3. The van der Waals surface area contributed by atoms with E-state index in [-0.39, 0.29) is 29.4 Å². The highest BCUT2D eigenvalue weighted by Gasteiger charge is 2.35. The van der Waals surface area contributed by atoms with Gasteiger partial charge >= 0.3 is 6.18 Å². The number of nitrogens with one attached hydrogen (secondary N) is 1. The molecule has 1 fully saturated rings. The molecule has 0 saturated carbocycles. The molecule has 0 radical (unpaired) electrons. The van der Waals surface area contributed by atoms with E-state index < -0.39 is 18.9 Å². The number of hydrogen-bond donors (Lipinski definition) is 1. The molecule has 2 rings (SSSR count). The van der Waals surface area contributed by atoms with Crippen molar-refractivity contribution in [3.05, 3.63) is 18.2 Å². The van der Waals surface area contributed by atoms with Gasteiger partial charge in [-0.3, -0.25) is 4.79 Å². The number of benzene rings is 1. The van der Waals surface area contributed by atoms with E-state index in [1.165, 1.54) is 25.3 Å². The van der Waals surface area contributed by atoms with Crippen LogP contribution in [0.4, 0.5) is 18.9 Å². The number of carbonyl (C=O) groups excluding carboxylic acids is 1. The van der Waals surface area contributed by atoms with Crippen LogP contribution in [0, 0.1) is 5.92 Å². The van der Waals surface area contributed by atoms with Crippen molar-refractivity contribution in [3.63, 3.8) is 0 Å². The zero-order chi connectivity index (χ0) is 17.9. The van der Waals surface area contributed by atoms with Gasteiger partial charge in [0.25, 0.3) is 5.91 Å². The predicted octanol–water partition coefficient (Wildman–Crippen LogP) is 3.39. The summed E-state index contributed by atoms with van der Waals surface area (Å²) in [5.74, 6) is -0.212. The second kappa shape index (κ2) is 7.29. The first kappa shape index (κ1) is 18.4. The molecule has 1 aromatic rings. The first-order valence-electron chi connectivity index (χ1n) is 7.53. The van der Waals surface area contributed by atoms with Crippen LogP contribution in [0.5, 0.6) is 11.5 Å². The summed E-state index contributed by atoms with van der Waals surface area (Å²) in [6, 6.07) is 4.26. The van der Waals surface area contributed by atoms with Crippen molar-refractivity contribution in [1.29, 1.82) is 0 Å². The van der Waals surface area contributed by atoms with Gasteiger partial charge in [0.1, 0.15) is 6.10 Å². The van der Waals surface area contributed by atoms with Crippen molar-refractivity contribution in [2.24, 2.45) is 5.92 Å². The van der Waals surface area contributed by atoms with Crippen LogP contribution in [0.25, 0.3) is 0 Å². The van der Waals surface area contributed by atoms with Crippen molar-refractivity contribution in [1.82, 2.24) is 0 Å². The summed E-state index contributed by atoms with van der Waals surface area (Å²) >= 11 is 0. The lowest BCUT2D eigenvalue weighted by atomic mass is 10.0. The van der Waals surface area contributed by atoms with Gasteiger partial charge in [-0.15, -0.1) is 0 Å². The first-order chi connectivity index (χ1) is 11.2. The SMILES string of the molecule is COc1ccc(NC(=O)[C@@H]2O[C@@H](C)C[C@@H]2C)cc1OCC(F)(F)F. The van der Waals surface area contributed by atoms with Crippen LogP contribution in [-0.4, -0.2) is 38.0 Å². The van der Waals surface area contributed by atoms with E-state index in [1.807, 2.05) is 13.8 Å². The number of amides is 1. The van der Waals surface area contributed by atoms with Crippen molar-refractivity contribution < 1.29 is 32.2 Å². The smallest absolute Gasteiger partial charge is 0.422 e. The number of halogens is 3. The summed E-state index contributed by atoms with van der Waals surface area (Å²) in [5.41, 5.74) is 0.313. The molecule has 0 unspecified atom stereocenters. The third kappa shape index (κ3) is 4.77. The molecule has 5 nitrogen and oxygen atoms in total. The summed E-state index contributed by atoms with van der Waals surface area (Å²) in [6.07, 6.45) is -4.27. The van der Waals surface area contributed by atoms with Crippen LogP contribution in [0.2, 0.25) is 0 Å². The number of ether oxygens (including phenoxy) is 3. The Balaban J connectivity index is 2.09. The number of carbonyl (C=O) groups is 1. The van der Waals surface area contributed by atoms with Gasteiger partial charge in [-0.2, -0.15) is 13.2 Å². The summed E-state index contributed by atoms with van der Waals surface area (Å²) < 4.78 is 52.2. The third-order valence-corrected chi connectivity index (χ3v) is 3.68. The average molecular weight is 347 g/mol. The van der Waals surface area contributed by atoms with Crippen LogP contribution in [-0.2, 0) is 9.53 Å². The van der Waals surface area contributed by atoms with E-state index in [9.17, 15) is 18.0 Å². The zero-order valence-corrected chi connectivity index (χ0v) is 13.6. The molecule has 0 spiro atoms. The highest BCUT2D eigenvalue weighted by molar-refractivity contribution is 5.94. The number of alkyl halides is 3. The van der Waals surface area contributed by atoms with Crippen molar-refractivity contribution in [2.45, 2.75) is 38.7 Å². The Hall–Kier alpha value is -1.96. The molecule has 8 heteroatoms. The Kier molecular flexibility index (Phi) is 5.58. The fraction of sp³-hybridized carbons (Fsp3) is 0.562. The van der Waals surface area contributed by atoms with Crippen LogP contribution in [0.15, 0.2) is 18.2 Å². The minimum absolute atomic E-state index is 0.00250. The monoisotopic (exact) mass is 347 g/mol. The molecule has 0 aromatic heterocycles. The normalized spacial score (nSPS) is 23.8. The van der Waals surface area contributed by atoms with E-state index in [0.29, 0.717) is 5.69 Å². The fourth-order valence-electron chi connectivity index (χ4n) is 2.65. The number of anilines is 1. The van der Waals surface area contributed by atoms with Crippen LogP contribution >= 0.6 is 0 Å². The van der Waals surface area contributed by atoms with Gasteiger partial charge in [0.15, 0.2) is 18.1 Å². The van der Waals surface area contributed by atoms with Crippen molar-refractivity contribution in [3.8, 4) is 11.5 Å². The molecule has 134 valence electrons. The Morgan fingerprint density at radius 1 is 1.33 bits per heavy atom. The van der Waals surface area contributed by atoms with Gasteiger partial charge in [0.2, 0.25) is 0 Å². The number of methoxy groups -OCH3 is 1. The minimum Gasteiger partial charge on any atom is -0.493 e. The van der Waals surface area contributed by atoms with Gasteiger partial charge in [-0.05, 0) is 31.4 Å². The quantitative estimate of drug-likeness (QED) is 0.887. The Labute approximate surface area is 138 Å². The van der Waals surface area contributed by atoms with Crippen LogP contribution < -0.4 is 14.8 Å². The largest absolute Gasteiger partial charge is 0.493 e. The summed E-state index contributed by atoms with van der Waals surface area (Å²) in [6.45, 7) is 2.36. The molecule has 0 aliphatic carbocycles. The van der Waals surface area contributed by atoms with Gasteiger partial charge < -0.3 is 19.5 Å². The lowest BCUT2D eigenvalue weighted by Gasteiger charge is -2.17. The zero-order valence-electron chi connectivity index (χ0n) is 13.6. The fourth-order valence-corrected chi connectivity index (χ4v) is 2.65. The maximum absolute atomic E-state index is 12.3. The van der Waals surface area contributed by atoms with Gasteiger partial charge in [0, 0.05) is 11.8 Å². The van der Waals surface area contributed by atoms with E-state index >= 15 is 0 Å². The lowest BCUT2D eigenvalue weighted by Crippen LogP contribution is -2.31. The number of hydrogen-bond acceptors (Lipinski definition) is 4. The van der Waals surface area contributed by atoms with E-state index in [4.69, 9.17) is 14.2 Å². The molecule has 24 heavy (non-hydrogen) atoms. The van der Waals surface area contributed by atoms with Gasteiger partial charge in [-0.1, -0.05) is 6.92 Å². The van der Waals surface area contributed by atoms with E-state index in [2.05, 4.69) is 5.32 Å². The summed E-state index contributed by atoms with van der Waals surface area (Å²) in [7, 11) is 1.32. The Bertz CT molecular complexity index is 591. The molecule has 1 heterocycles. The first-order valence-corrected chi connectivity index (χ1v) is 7.53. The third-order valence-electron chi connectivity index (χ3n) is 3.68. The number of rotatable bonds is 5. The molecular weight excluding hydrogens is 327 g/mol. The average Bonchev–Trinajstić information content (AvgIpc) is 2.83. The minimum atomic E-state index is -4.46. The molecule has 1 amide bonds. The highest BCUT2D eigenvalue weighted by Crippen LogP contribution is 2.32. The molecular formula is C16H20F3NO4. The maximum Gasteiger partial charge on any atom is 0.422 e. The van der Waals surface area contributed by atoms with Gasteiger partial charge in [0.05, 0.1) is 13.2 Å². The Morgan fingerprint density at radius 2 is 2.04 bits per heavy atom. The van der Waals surface area contributed by atoms with E-state index in [0.717, 1.165) is 6.42 Å². The van der Waals surface area contributed by atoms with Gasteiger partial charge in [-0.25, -0.2) is 0 Å². The molecule has 0 bridgehead atoms. The van der Waals surface area contributed by atoms with E-state index in [1.54, 1.807) is 0 Å². The highest BCUT2D eigenvalue weighted by atomic mass is 19.4. The summed E-state index contributed by atoms with van der Waals surface area (Å²) in [5, 5.41) is 2.64. The molecule has 1 N–H and O–H groups in total. The van der Waals surface area contributed by atoms with Crippen LogP contribution in [0.3, 0.4) is 0 Å². The second-order valence-corrected chi connectivity index (χ2v) is 5.84. The van der Waals surface area contributed by atoms with Crippen molar-refractivity contribution >= 4 is 11.6 Å². The van der Waals surface area contributed by atoms with Crippen molar-refractivity contribution in [2.75, 3.05) is 19.0 Å². The topological polar surface area (TPSA) is 56.8 Å². The van der Waals surface area contributed by atoms with Crippen LogP contribution in [0.1, 0.15) is 20.3 Å². The Morgan fingerprint density at radius 3 is 2.58 bits per heavy atom. The standard InChI is InChI=1S/C16H20F3NO4/c1-9-6-10(2)24-14(9)15(21)20-11-4-5-12(22-3)13(7-11)23-8-16(17,18)19/h4-5,7,9-10,14H,6,8H2,1-3H3,(H,20,21)/t9-,10-,14+/m0/s1. The molecule has 3 atom stereocenters. The lowest BCUT2D eigenvalue weighted by molar-refractivity contribution is -0.153.